The van der Waals surface area contributed by atoms with Crippen LogP contribution in [0.5, 0.6) is 5.75 Å². The summed E-state index contributed by atoms with van der Waals surface area (Å²) < 4.78 is 6.96. The zero-order valence-electron chi connectivity index (χ0n) is 16.4. The van der Waals surface area contributed by atoms with Gasteiger partial charge < -0.3 is 15.4 Å². The maximum Gasteiger partial charge on any atom is 0.262 e. The van der Waals surface area contributed by atoms with Crippen molar-refractivity contribution in [1.29, 1.82) is 0 Å². The van der Waals surface area contributed by atoms with Crippen LogP contribution in [0.25, 0.3) is 11.3 Å². The Kier molecular flexibility index (Phi) is 4.98. The summed E-state index contributed by atoms with van der Waals surface area (Å²) in [5, 5.41) is 8.55. The standard InChI is InChI=1S/C20H17N5O4S2/c1-10-4-18(28)25-12(8-31-20(25)21-10)6-16(26)24-19-23-14(9-30-19)11-2-3-15-13(5-11)22-17(27)7-29-15/h2-5,9,12H,6-8H2,1H3,(H,22,27)(H,23,24,26). The lowest BCUT2D eigenvalue weighted by atomic mass is 10.1. The molecule has 0 spiro atoms. The van der Waals surface area contributed by atoms with Gasteiger partial charge in [0.2, 0.25) is 5.91 Å². The number of hydrogen-bond donors (Lipinski definition) is 2. The van der Waals surface area contributed by atoms with E-state index < -0.39 is 0 Å². The zero-order valence-corrected chi connectivity index (χ0v) is 18.0. The second-order valence-corrected chi connectivity index (χ2v) is 9.04. The molecule has 1 aromatic carbocycles. The molecule has 31 heavy (non-hydrogen) atoms. The molecule has 5 rings (SSSR count). The van der Waals surface area contributed by atoms with Crippen LogP contribution in [0.2, 0.25) is 0 Å². The molecule has 0 saturated heterocycles. The number of carbonyl (C=O) groups is 2. The number of aromatic nitrogens is 3. The van der Waals surface area contributed by atoms with E-state index in [-0.39, 0.29) is 36.4 Å². The fourth-order valence-electron chi connectivity index (χ4n) is 3.50. The first-order valence-electron chi connectivity index (χ1n) is 9.52. The van der Waals surface area contributed by atoms with Gasteiger partial charge in [0.15, 0.2) is 16.9 Å². The van der Waals surface area contributed by atoms with E-state index >= 15 is 0 Å². The highest BCUT2D eigenvalue weighted by Gasteiger charge is 2.27. The fraction of sp³-hybridized carbons (Fsp3) is 0.250. The van der Waals surface area contributed by atoms with Gasteiger partial charge in [-0.2, -0.15) is 0 Å². The molecule has 0 aliphatic carbocycles. The number of fused-ring (bicyclic) bond motifs is 2. The van der Waals surface area contributed by atoms with Crippen LogP contribution in [0.1, 0.15) is 18.2 Å². The molecular formula is C20H17N5O4S2. The van der Waals surface area contributed by atoms with Crippen molar-refractivity contribution in [1.82, 2.24) is 14.5 Å². The van der Waals surface area contributed by atoms with Gasteiger partial charge in [-0.1, -0.05) is 11.8 Å². The largest absolute Gasteiger partial charge is 0.482 e. The number of rotatable bonds is 4. The Hall–Kier alpha value is -3.18. The first-order chi connectivity index (χ1) is 15.0. The van der Waals surface area contributed by atoms with E-state index in [9.17, 15) is 14.4 Å². The maximum absolute atomic E-state index is 12.6. The number of thioether (sulfide) groups is 1. The highest BCUT2D eigenvalue weighted by Crippen LogP contribution is 2.35. The maximum atomic E-state index is 12.6. The number of thiazole rings is 1. The van der Waals surface area contributed by atoms with Crippen LogP contribution in [0, 0.1) is 6.92 Å². The van der Waals surface area contributed by atoms with Gasteiger partial charge in [0, 0.05) is 34.9 Å². The van der Waals surface area contributed by atoms with Crippen molar-refractivity contribution in [2.24, 2.45) is 0 Å². The minimum absolute atomic E-state index is 0.00496. The van der Waals surface area contributed by atoms with E-state index in [1.807, 2.05) is 11.4 Å². The van der Waals surface area contributed by atoms with E-state index in [0.717, 1.165) is 5.56 Å². The van der Waals surface area contributed by atoms with Crippen LogP contribution in [0.3, 0.4) is 0 Å². The molecule has 2 amide bonds. The van der Waals surface area contributed by atoms with Gasteiger partial charge in [0.1, 0.15) is 5.75 Å². The van der Waals surface area contributed by atoms with Gasteiger partial charge in [-0.05, 0) is 25.1 Å². The molecule has 4 heterocycles. The van der Waals surface area contributed by atoms with Gasteiger partial charge in [-0.3, -0.25) is 19.0 Å². The minimum Gasteiger partial charge on any atom is -0.482 e. The molecule has 0 fully saturated rings. The number of anilines is 2. The average molecular weight is 456 g/mol. The second kappa shape index (κ2) is 7.82. The van der Waals surface area contributed by atoms with Crippen molar-refractivity contribution in [3.8, 4) is 17.0 Å². The van der Waals surface area contributed by atoms with Gasteiger partial charge in [0.25, 0.3) is 11.5 Å². The summed E-state index contributed by atoms with van der Waals surface area (Å²) in [4.78, 5) is 45.3. The first kappa shape index (κ1) is 19.8. The third-order valence-corrected chi connectivity index (χ3v) is 6.75. The van der Waals surface area contributed by atoms with Crippen LogP contribution in [0.4, 0.5) is 10.8 Å². The molecule has 2 aromatic heterocycles. The number of amides is 2. The summed E-state index contributed by atoms with van der Waals surface area (Å²) in [6.45, 7) is 1.79. The second-order valence-electron chi connectivity index (χ2n) is 7.19. The molecule has 0 radical (unpaired) electrons. The van der Waals surface area contributed by atoms with E-state index in [0.29, 0.717) is 38.9 Å². The average Bonchev–Trinajstić information content (AvgIpc) is 3.34. The number of ether oxygens (including phenoxy) is 1. The highest BCUT2D eigenvalue weighted by atomic mass is 32.2. The van der Waals surface area contributed by atoms with Gasteiger partial charge in [0.05, 0.1) is 17.4 Å². The summed E-state index contributed by atoms with van der Waals surface area (Å²) in [6.07, 6.45) is 0.168. The lowest BCUT2D eigenvalue weighted by Crippen LogP contribution is -2.27. The minimum atomic E-state index is -0.232. The van der Waals surface area contributed by atoms with Crippen LogP contribution in [0.15, 0.2) is 39.6 Å². The van der Waals surface area contributed by atoms with E-state index in [2.05, 4.69) is 20.6 Å². The number of nitrogens with one attached hydrogen (secondary N) is 2. The van der Waals surface area contributed by atoms with Crippen molar-refractivity contribution in [2.45, 2.75) is 24.5 Å². The molecule has 0 saturated carbocycles. The Bertz CT molecular complexity index is 1270. The molecule has 9 nitrogen and oxygen atoms in total. The molecule has 3 aromatic rings. The van der Waals surface area contributed by atoms with Gasteiger partial charge in [-0.25, -0.2) is 9.97 Å². The van der Waals surface area contributed by atoms with Crippen LogP contribution < -0.4 is 20.9 Å². The molecule has 158 valence electrons. The topological polar surface area (TPSA) is 115 Å². The number of carbonyl (C=O) groups excluding carboxylic acids is 2. The summed E-state index contributed by atoms with van der Waals surface area (Å²) in [7, 11) is 0. The monoisotopic (exact) mass is 455 g/mol. The predicted molar refractivity (Wildman–Crippen MR) is 118 cm³/mol. The van der Waals surface area contributed by atoms with Gasteiger partial charge >= 0.3 is 0 Å². The molecule has 0 bridgehead atoms. The molecule has 1 unspecified atom stereocenters. The lowest BCUT2D eigenvalue weighted by molar-refractivity contribution is -0.118. The van der Waals surface area contributed by atoms with E-state index in [1.165, 1.54) is 29.2 Å². The van der Waals surface area contributed by atoms with Crippen molar-refractivity contribution in [2.75, 3.05) is 23.0 Å². The van der Waals surface area contributed by atoms with E-state index in [4.69, 9.17) is 4.74 Å². The highest BCUT2D eigenvalue weighted by molar-refractivity contribution is 7.99. The Balaban J connectivity index is 1.28. The smallest absolute Gasteiger partial charge is 0.262 e. The van der Waals surface area contributed by atoms with Crippen molar-refractivity contribution >= 4 is 45.7 Å². The number of aryl methyl sites for hydroxylation is 1. The zero-order chi connectivity index (χ0) is 21.5. The van der Waals surface area contributed by atoms with Crippen molar-refractivity contribution < 1.29 is 14.3 Å². The Morgan fingerprint density at radius 1 is 1.32 bits per heavy atom. The number of hydrogen-bond acceptors (Lipinski definition) is 8. The fourth-order valence-corrected chi connectivity index (χ4v) is 5.43. The summed E-state index contributed by atoms with van der Waals surface area (Å²) >= 11 is 2.80. The Labute approximate surface area is 184 Å². The van der Waals surface area contributed by atoms with Crippen molar-refractivity contribution in [3.05, 3.63) is 45.7 Å². The number of nitrogens with zero attached hydrogens (tertiary/aromatic N) is 3. The molecular weight excluding hydrogens is 438 g/mol. The molecule has 2 N–H and O–H groups in total. The van der Waals surface area contributed by atoms with Crippen LogP contribution in [-0.2, 0) is 9.59 Å². The predicted octanol–water partition coefficient (Wildman–Crippen LogP) is 2.68. The van der Waals surface area contributed by atoms with Crippen LogP contribution >= 0.6 is 23.1 Å². The molecule has 1 atom stereocenters. The lowest BCUT2D eigenvalue weighted by Gasteiger charge is -2.18. The normalized spacial score (nSPS) is 16.8. The van der Waals surface area contributed by atoms with Gasteiger partial charge in [-0.15, -0.1) is 11.3 Å². The summed E-state index contributed by atoms with van der Waals surface area (Å²) in [6, 6.07) is 6.68. The van der Waals surface area contributed by atoms with Crippen LogP contribution in [-0.4, -0.2) is 38.7 Å². The third kappa shape index (κ3) is 3.93. The number of benzene rings is 1. The molecule has 2 aliphatic heterocycles. The summed E-state index contributed by atoms with van der Waals surface area (Å²) in [5.74, 6) is 0.831. The van der Waals surface area contributed by atoms with E-state index in [1.54, 1.807) is 23.6 Å². The summed E-state index contributed by atoms with van der Waals surface area (Å²) in [5.41, 5.74) is 2.62. The Morgan fingerprint density at radius 3 is 3.06 bits per heavy atom. The van der Waals surface area contributed by atoms with Crippen molar-refractivity contribution in [3.63, 3.8) is 0 Å². The first-order valence-corrected chi connectivity index (χ1v) is 11.4. The Morgan fingerprint density at radius 2 is 2.19 bits per heavy atom. The third-order valence-electron chi connectivity index (χ3n) is 4.90. The molecule has 11 heteroatoms. The SMILES string of the molecule is Cc1cc(=O)n2c(n1)SCC2CC(=O)Nc1nc(-c2ccc3c(c2)NC(=O)CO3)cs1. The quantitative estimate of drug-likeness (QED) is 0.581. The molecule has 2 aliphatic rings.